The van der Waals surface area contributed by atoms with E-state index in [9.17, 15) is 9.18 Å². The second-order valence-electron chi connectivity index (χ2n) is 6.90. The maximum Gasteiger partial charge on any atom is 0.163 e. The second-order valence-corrected chi connectivity index (χ2v) is 6.90. The molecule has 0 amide bonds. The number of likely N-dealkylation sites (tertiary alicyclic amines) is 1. The summed E-state index contributed by atoms with van der Waals surface area (Å²) in [5.41, 5.74) is 1.11. The summed E-state index contributed by atoms with van der Waals surface area (Å²) < 4.78 is 14.5. The Morgan fingerprint density at radius 3 is 2.38 bits per heavy atom. The summed E-state index contributed by atoms with van der Waals surface area (Å²) in [4.78, 5) is 14.0. The Kier molecular flexibility index (Phi) is 8.93. The van der Waals surface area contributed by atoms with Gasteiger partial charge in [0.2, 0.25) is 0 Å². The van der Waals surface area contributed by atoms with E-state index >= 15 is 0 Å². The molecular formula is C20H31ClFNO. The highest BCUT2D eigenvalue weighted by atomic mass is 35.5. The minimum absolute atomic E-state index is 0. The van der Waals surface area contributed by atoms with Crippen LogP contribution in [0.2, 0.25) is 0 Å². The molecule has 4 heteroatoms. The van der Waals surface area contributed by atoms with E-state index in [1.165, 1.54) is 19.3 Å². The lowest BCUT2D eigenvalue weighted by molar-refractivity contribution is 0.00691. The first-order valence-electron chi connectivity index (χ1n) is 9.06. The quantitative estimate of drug-likeness (QED) is 0.443. The van der Waals surface area contributed by atoms with Crippen LogP contribution < -0.4 is 0 Å². The zero-order chi connectivity index (χ0) is 16.7. The van der Waals surface area contributed by atoms with E-state index in [2.05, 4.69) is 13.8 Å². The summed E-state index contributed by atoms with van der Waals surface area (Å²) in [6.07, 6.45) is 5.43. The van der Waals surface area contributed by atoms with E-state index in [1.807, 2.05) is 23.1 Å². The molecule has 0 radical (unpaired) electrons. The fourth-order valence-electron chi connectivity index (χ4n) is 3.79. The first kappa shape index (κ1) is 21.1. The van der Waals surface area contributed by atoms with E-state index in [0.717, 1.165) is 25.9 Å². The van der Waals surface area contributed by atoms with Crippen LogP contribution >= 0.6 is 12.4 Å². The molecule has 2 rings (SSSR count). The summed E-state index contributed by atoms with van der Waals surface area (Å²) in [6.45, 7) is 6.15. The number of halogens is 2. The molecule has 1 aliphatic heterocycles. The number of hydrogen-bond donors (Lipinski definition) is 0. The molecule has 1 aromatic carbocycles. The van der Waals surface area contributed by atoms with Gasteiger partial charge in [-0.05, 0) is 31.1 Å². The van der Waals surface area contributed by atoms with E-state index in [0.29, 0.717) is 17.4 Å². The van der Waals surface area contributed by atoms with Crippen molar-refractivity contribution in [2.24, 2.45) is 5.41 Å². The van der Waals surface area contributed by atoms with Gasteiger partial charge in [0.05, 0.1) is 0 Å². The molecule has 0 aliphatic carbocycles. The van der Waals surface area contributed by atoms with Gasteiger partial charge in [0, 0.05) is 25.1 Å². The van der Waals surface area contributed by atoms with Gasteiger partial charge in [0.15, 0.2) is 12.1 Å². The van der Waals surface area contributed by atoms with Gasteiger partial charge in [-0.15, -0.1) is 12.4 Å². The minimum atomic E-state index is -0.987. The summed E-state index contributed by atoms with van der Waals surface area (Å²) in [5.74, 6) is 0.0409. The van der Waals surface area contributed by atoms with Crippen LogP contribution in [0, 0.1) is 5.41 Å². The lowest BCUT2D eigenvalue weighted by Gasteiger charge is -2.42. The SMILES string of the molecule is CCCC1(CC)CCN(C(F)CCC(=O)c2ccccc2)CC1.Cl. The molecule has 136 valence electrons. The number of carbonyl (C=O) groups is 1. The predicted octanol–water partition coefficient (Wildman–Crippen LogP) is 5.66. The van der Waals surface area contributed by atoms with Crippen LogP contribution in [-0.4, -0.2) is 30.1 Å². The third-order valence-electron chi connectivity index (χ3n) is 5.49. The van der Waals surface area contributed by atoms with Crippen molar-refractivity contribution in [2.45, 2.75) is 65.1 Å². The molecule has 1 aromatic rings. The smallest absolute Gasteiger partial charge is 0.163 e. The van der Waals surface area contributed by atoms with Crippen LogP contribution in [0.4, 0.5) is 4.39 Å². The van der Waals surface area contributed by atoms with Crippen molar-refractivity contribution in [1.82, 2.24) is 4.90 Å². The minimum Gasteiger partial charge on any atom is -0.294 e. The molecule has 1 heterocycles. The number of benzene rings is 1. The molecule has 1 unspecified atom stereocenters. The van der Waals surface area contributed by atoms with Gasteiger partial charge in [-0.2, -0.15) is 0 Å². The predicted molar refractivity (Wildman–Crippen MR) is 101 cm³/mol. The zero-order valence-electron chi connectivity index (χ0n) is 15.0. The van der Waals surface area contributed by atoms with Crippen molar-refractivity contribution in [3.8, 4) is 0 Å². The molecule has 1 atom stereocenters. The van der Waals surface area contributed by atoms with Crippen LogP contribution in [-0.2, 0) is 0 Å². The normalized spacial score (nSPS) is 18.6. The highest BCUT2D eigenvalue weighted by molar-refractivity contribution is 5.95. The average Bonchev–Trinajstić information content (AvgIpc) is 2.61. The molecule has 2 nitrogen and oxygen atoms in total. The first-order valence-corrected chi connectivity index (χ1v) is 9.06. The maximum atomic E-state index is 14.5. The third-order valence-corrected chi connectivity index (χ3v) is 5.49. The number of Topliss-reactive ketones (excluding diaryl/α,β-unsaturated/α-hetero) is 1. The van der Waals surface area contributed by atoms with E-state index in [-0.39, 0.29) is 24.6 Å². The number of rotatable bonds is 8. The summed E-state index contributed by atoms with van der Waals surface area (Å²) in [6, 6.07) is 9.19. The van der Waals surface area contributed by atoms with Crippen LogP contribution in [0.25, 0.3) is 0 Å². The summed E-state index contributed by atoms with van der Waals surface area (Å²) in [5, 5.41) is 0. The van der Waals surface area contributed by atoms with Gasteiger partial charge >= 0.3 is 0 Å². The van der Waals surface area contributed by atoms with Gasteiger partial charge in [0.25, 0.3) is 0 Å². The molecule has 1 aliphatic rings. The van der Waals surface area contributed by atoms with E-state index < -0.39 is 6.30 Å². The van der Waals surface area contributed by atoms with E-state index in [1.54, 1.807) is 12.1 Å². The summed E-state index contributed by atoms with van der Waals surface area (Å²) >= 11 is 0. The monoisotopic (exact) mass is 355 g/mol. The highest BCUT2D eigenvalue weighted by Gasteiger charge is 2.34. The fraction of sp³-hybridized carbons (Fsp3) is 0.650. The average molecular weight is 356 g/mol. The number of piperidine rings is 1. The zero-order valence-corrected chi connectivity index (χ0v) is 15.8. The molecule has 0 N–H and O–H groups in total. The van der Waals surface area contributed by atoms with Crippen molar-refractivity contribution in [3.63, 3.8) is 0 Å². The number of alkyl halides is 1. The Hall–Kier alpha value is -0.930. The molecule has 0 aromatic heterocycles. The maximum absolute atomic E-state index is 14.5. The van der Waals surface area contributed by atoms with Gasteiger partial charge < -0.3 is 0 Å². The first-order chi connectivity index (χ1) is 11.1. The van der Waals surface area contributed by atoms with Crippen molar-refractivity contribution in [1.29, 1.82) is 0 Å². The molecule has 0 saturated carbocycles. The summed E-state index contributed by atoms with van der Waals surface area (Å²) in [7, 11) is 0. The van der Waals surface area contributed by atoms with Gasteiger partial charge in [0.1, 0.15) is 0 Å². The largest absolute Gasteiger partial charge is 0.294 e. The lowest BCUT2D eigenvalue weighted by Crippen LogP contribution is -2.43. The third kappa shape index (κ3) is 5.56. The van der Waals surface area contributed by atoms with Crippen molar-refractivity contribution < 1.29 is 9.18 Å². The van der Waals surface area contributed by atoms with Crippen LogP contribution in [0.1, 0.15) is 69.2 Å². The lowest BCUT2D eigenvalue weighted by atomic mass is 9.73. The van der Waals surface area contributed by atoms with Crippen LogP contribution in [0.3, 0.4) is 0 Å². The van der Waals surface area contributed by atoms with Crippen LogP contribution in [0.5, 0.6) is 0 Å². The Labute approximate surface area is 152 Å². The second kappa shape index (κ2) is 10.1. The Morgan fingerprint density at radius 1 is 1.21 bits per heavy atom. The fourth-order valence-corrected chi connectivity index (χ4v) is 3.79. The molecule has 24 heavy (non-hydrogen) atoms. The highest BCUT2D eigenvalue weighted by Crippen LogP contribution is 2.39. The van der Waals surface area contributed by atoms with Gasteiger partial charge in [-0.1, -0.05) is 57.0 Å². The van der Waals surface area contributed by atoms with Crippen molar-refractivity contribution in [3.05, 3.63) is 35.9 Å². The number of ketones is 1. The molecule has 0 bridgehead atoms. The molecule has 1 fully saturated rings. The van der Waals surface area contributed by atoms with E-state index in [4.69, 9.17) is 0 Å². The molecule has 1 saturated heterocycles. The topological polar surface area (TPSA) is 20.3 Å². The number of carbonyl (C=O) groups excluding carboxylic acids is 1. The standard InChI is InChI=1S/C20H30FNO.ClH/c1-3-12-20(4-2)13-15-22(16-14-20)19(21)11-10-18(23)17-8-6-5-7-9-17;/h5-9,19H,3-4,10-16H2,1-2H3;1H. The molecular weight excluding hydrogens is 325 g/mol. The van der Waals surface area contributed by atoms with Gasteiger partial charge in [-0.3, -0.25) is 9.69 Å². The number of hydrogen-bond acceptors (Lipinski definition) is 2. The number of nitrogens with zero attached hydrogens (tertiary/aromatic N) is 1. The Bertz CT molecular complexity index is 486. The Balaban J connectivity index is 0.00000288. The van der Waals surface area contributed by atoms with Crippen LogP contribution in [0.15, 0.2) is 30.3 Å². The van der Waals surface area contributed by atoms with Gasteiger partial charge in [-0.25, -0.2) is 4.39 Å². The Morgan fingerprint density at radius 2 is 1.83 bits per heavy atom. The van der Waals surface area contributed by atoms with Crippen molar-refractivity contribution in [2.75, 3.05) is 13.1 Å². The molecule has 0 spiro atoms. The van der Waals surface area contributed by atoms with Crippen molar-refractivity contribution >= 4 is 18.2 Å².